The van der Waals surface area contributed by atoms with Crippen molar-refractivity contribution >= 4 is 17.5 Å². The fourth-order valence-electron chi connectivity index (χ4n) is 5.91. The summed E-state index contributed by atoms with van der Waals surface area (Å²) in [5.41, 5.74) is 3.70. The minimum Gasteiger partial charge on any atom is -0.484 e. The van der Waals surface area contributed by atoms with Gasteiger partial charge in [0.15, 0.2) is 5.65 Å². The van der Waals surface area contributed by atoms with Gasteiger partial charge in [-0.2, -0.15) is 0 Å². The topological polar surface area (TPSA) is 110 Å². The first-order valence-corrected chi connectivity index (χ1v) is 14.4. The molecule has 4 aromatic rings. The minimum atomic E-state index is -0.291. The Hall–Kier alpha value is -4.05. The number of hydrogen-bond acceptors (Lipinski definition) is 7. The van der Waals surface area contributed by atoms with Gasteiger partial charge in [-0.3, -0.25) is 9.72 Å². The fraction of sp³-hybridized carbons (Fsp3) is 0.452. The van der Waals surface area contributed by atoms with Crippen LogP contribution in [0.5, 0.6) is 5.75 Å². The van der Waals surface area contributed by atoms with E-state index in [1.807, 2.05) is 36.5 Å². The van der Waals surface area contributed by atoms with Crippen LogP contribution in [0.25, 0.3) is 5.65 Å². The molecule has 1 fully saturated rings. The molecule has 1 aliphatic heterocycles. The van der Waals surface area contributed by atoms with Crippen LogP contribution in [-0.4, -0.2) is 55.1 Å². The van der Waals surface area contributed by atoms with Crippen LogP contribution in [0.4, 0.5) is 10.6 Å². The summed E-state index contributed by atoms with van der Waals surface area (Å²) in [6, 6.07) is 14.0. The molecule has 0 saturated carbocycles. The Morgan fingerprint density at radius 1 is 1.05 bits per heavy atom. The Labute approximate surface area is 240 Å². The Balaban J connectivity index is 1.15. The van der Waals surface area contributed by atoms with Crippen LogP contribution in [0.1, 0.15) is 81.2 Å². The number of hydrogen-bond donors (Lipinski definition) is 2. The van der Waals surface area contributed by atoms with Crippen LogP contribution >= 0.6 is 0 Å². The summed E-state index contributed by atoms with van der Waals surface area (Å²) in [6.07, 6.45) is 8.17. The molecule has 2 aliphatic rings. The number of fused-ring (bicyclic) bond motifs is 2. The summed E-state index contributed by atoms with van der Waals surface area (Å²) in [4.78, 5) is 23.9. The van der Waals surface area contributed by atoms with E-state index in [0.717, 1.165) is 59.8 Å². The number of amides is 2. The Morgan fingerprint density at radius 2 is 1.88 bits per heavy atom. The molecule has 0 radical (unpaired) electrons. The zero-order chi connectivity index (χ0) is 28.6. The second-order valence-electron chi connectivity index (χ2n) is 12.2. The van der Waals surface area contributed by atoms with Crippen LogP contribution in [-0.2, 0) is 11.8 Å². The number of ether oxygens (including phenoxy) is 1. The molecule has 4 heterocycles. The Morgan fingerprint density at radius 3 is 2.66 bits per heavy atom. The van der Waals surface area contributed by atoms with E-state index in [0.29, 0.717) is 11.9 Å². The van der Waals surface area contributed by atoms with Gasteiger partial charge < -0.3 is 15.0 Å². The summed E-state index contributed by atoms with van der Waals surface area (Å²) in [5, 5.41) is 14.9. The molecule has 6 rings (SSSR count). The predicted molar refractivity (Wildman–Crippen MR) is 157 cm³/mol. The third kappa shape index (κ3) is 5.88. The number of urea groups is 1. The molecule has 2 amide bonds. The third-order valence-corrected chi connectivity index (χ3v) is 8.23. The lowest BCUT2D eigenvalue weighted by Gasteiger charge is -2.32. The second kappa shape index (κ2) is 11.1. The van der Waals surface area contributed by atoms with Crippen LogP contribution in [0.2, 0.25) is 0 Å². The van der Waals surface area contributed by atoms with Crippen LogP contribution in [0.15, 0.2) is 55.0 Å². The summed E-state index contributed by atoms with van der Waals surface area (Å²) in [7, 11) is 2.18. The lowest BCUT2D eigenvalue weighted by atomic mass is 9.85. The SMILES string of the molecule is CN1CCC[C@H]1Cc1nnc2ccc(O[C@@H]3CC[C@H](NC(=O)Nc4cc(C(C)(C)C)ncn4)c4ccccc43)cn12. The molecule has 3 atom stereocenters. The zero-order valence-corrected chi connectivity index (χ0v) is 24.2. The fourth-order valence-corrected chi connectivity index (χ4v) is 5.91. The maximum Gasteiger partial charge on any atom is 0.320 e. The largest absolute Gasteiger partial charge is 0.484 e. The van der Waals surface area contributed by atoms with Gasteiger partial charge in [0.2, 0.25) is 0 Å². The number of likely N-dealkylation sites (tertiary alicyclic amines) is 1. The molecule has 1 saturated heterocycles. The highest BCUT2D eigenvalue weighted by molar-refractivity contribution is 5.88. The summed E-state index contributed by atoms with van der Waals surface area (Å²) >= 11 is 0. The first-order valence-electron chi connectivity index (χ1n) is 14.4. The summed E-state index contributed by atoms with van der Waals surface area (Å²) < 4.78 is 8.63. The van der Waals surface area contributed by atoms with Crippen molar-refractivity contribution < 1.29 is 9.53 Å². The van der Waals surface area contributed by atoms with E-state index in [4.69, 9.17) is 4.74 Å². The van der Waals surface area contributed by atoms with Crippen molar-refractivity contribution in [3.63, 3.8) is 0 Å². The maximum atomic E-state index is 13.0. The van der Waals surface area contributed by atoms with E-state index in [1.165, 1.54) is 19.2 Å². The van der Waals surface area contributed by atoms with Gasteiger partial charge in [0.05, 0.1) is 17.9 Å². The van der Waals surface area contributed by atoms with E-state index in [-0.39, 0.29) is 23.6 Å². The Bertz CT molecular complexity index is 1540. The lowest BCUT2D eigenvalue weighted by Crippen LogP contribution is -2.35. The smallest absolute Gasteiger partial charge is 0.320 e. The number of carbonyl (C=O) groups is 1. The van der Waals surface area contributed by atoms with E-state index < -0.39 is 0 Å². The molecule has 214 valence electrons. The van der Waals surface area contributed by atoms with Gasteiger partial charge in [0, 0.05) is 23.9 Å². The highest BCUT2D eigenvalue weighted by Gasteiger charge is 2.30. The van der Waals surface area contributed by atoms with Crippen LogP contribution in [0.3, 0.4) is 0 Å². The minimum absolute atomic E-state index is 0.123. The molecule has 1 aliphatic carbocycles. The maximum absolute atomic E-state index is 13.0. The van der Waals surface area contributed by atoms with E-state index in [2.05, 4.69) is 80.1 Å². The molecule has 10 nitrogen and oxygen atoms in total. The molecule has 2 N–H and O–H groups in total. The number of pyridine rings is 1. The molecule has 1 aromatic carbocycles. The van der Waals surface area contributed by atoms with Gasteiger partial charge in [0.1, 0.15) is 29.8 Å². The molecule has 0 spiro atoms. The number of aromatic nitrogens is 5. The van der Waals surface area contributed by atoms with Crippen molar-refractivity contribution in [1.82, 2.24) is 34.8 Å². The van der Waals surface area contributed by atoms with E-state index in [1.54, 1.807) is 0 Å². The number of carbonyl (C=O) groups excluding carboxylic acids is 1. The van der Waals surface area contributed by atoms with Gasteiger partial charge in [-0.05, 0) is 62.5 Å². The number of likely N-dealkylation sites (N-methyl/N-ethyl adjacent to an activating group) is 1. The Kier molecular flexibility index (Phi) is 7.33. The molecular formula is C31H38N8O2. The van der Waals surface area contributed by atoms with E-state index in [9.17, 15) is 4.79 Å². The predicted octanol–water partition coefficient (Wildman–Crippen LogP) is 5.23. The van der Waals surface area contributed by atoms with Gasteiger partial charge in [-0.15, -0.1) is 10.2 Å². The molecular weight excluding hydrogens is 516 g/mol. The third-order valence-electron chi connectivity index (χ3n) is 8.23. The second-order valence-corrected chi connectivity index (χ2v) is 12.2. The average Bonchev–Trinajstić information content (AvgIpc) is 3.55. The molecule has 0 unspecified atom stereocenters. The molecule has 41 heavy (non-hydrogen) atoms. The number of anilines is 1. The summed E-state index contributed by atoms with van der Waals surface area (Å²) in [5.74, 6) is 2.22. The number of nitrogens with one attached hydrogen (secondary N) is 2. The van der Waals surface area contributed by atoms with Crippen molar-refractivity contribution in [2.24, 2.45) is 0 Å². The van der Waals surface area contributed by atoms with E-state index >= 15 is 0 Å². The molecule has 0 bridgehead atoms. The van der Waals surface area contributed by atoms with Crippen LogP contribution < -0.4 is 15.4 Å². The number of nitrogens with zero attached hydrogens (tertiary/aromatic N) is 6. The quantitative estimate of drug-likeness (QED) is 0.336. The number of rotatable bonds is 6. The van der Waals surface area contributed by atoms with Crippen LogP contribution in [0, 0.1) is 0 Å². The average molecular weight is 555 g/mol. The highest BCUT2D eigenvalue weighted by atomic mass is 16.5. The molecule has 10 heteroatoms. The first-order chi connectivity index (χ1) is 19.7. The summed E-state index contributed by atoms with van der Waals surface area (Å²) in [6.45, 7) is 7.37. The normalized spacial score (nSPS) is 21.0. The van der Waals surface area contributed by atoms with Crippen molar-refractivity contribution in [2.75, 3.05) is 18.9 Å². The van der Waals surface area contributed by atoms with Gasteiger partial charge in [-0.1, -0.05) is 45.0 Å². The van der Waals surface area contributed by atoms with Crippen molar-refractivity contribution in [1.29, 1.82) is 0 Å². The lowest BCUT2D eigenvalue weighted by molar-refractivity contribution is 0.171. The van der Waals surface area contributed by atoms with Gasteiger partial charge in [-0.25, -0.2) is 14.8 Å². The van der Waals surface area contributed by atoms with Crippen molar-refractivity contribution in [2.45, 2.75) is 76.5 Å². The number of benzene rings is 1. The van der Waals surface area contributed by atoms with Crippen molar-refractivity contribution in [3.05, 3.63) is 77.6 Å². The first kappa shape index (κ1) is 27.1. The zero-order valence-electron chi connectivity index (χ0n) is 24.2. The van der Waals surface area contributed by atoms with Crippen molar-refractivity contribution in [3.8, 4) is 5.75 Å². The standard InChI is InChI=1S/C31H38N8O2/c1-31(2,3)26-17-27(33-19-32-26)35-30(40)34-24-12-13-25(23-10-6-5-9-22(23)24)41-21-11-14-28-36-37-29(39(28)18-21)16-20-8-7-15-38(20)4/h5-6,9-11,14,17-20,24-25H,7-8,12-13,15-16H2,1-4H3,(H2,32,33,34,35,40)/t20-,24-,25+/m0/s1. The van der Waals surface area contributed by atoms with Gasteiger partial charge >= 0.3 is 6.03 Å². The molecule has 3 aromatic heterocycles. The van der Waals surface area contributed by atoms with Gasteiger partial charge in [0.25, 0.3) is 0 Å². The monoisotopic (exact) mass is 554 g/mol. The highest BCUT2D eigenvalue weighted by Crippen LogP contribution is 2.39.